The minimum Gasteiger partial charge on any atom is -0.474 e. The summed E-state index contributed by atoms with van der Waals surface area (Å²) in [5, 5.41) is 11.5. The first kappa shape index (κ1) is 9.42. The summed E-state index contributed by atoms with van der Waals surface area (Å²) in [5.41, 5.74) is 0.221. The van der Waals surface area contributed by atoms with Crippen molar-refractivity contribution in [1.29, 1.82) is 5.26 Å². The first-order chi connectivity index (χ1) is 6.38. The van der Waals surface area contributed by atoms with Crippen molar-refractivity contribution in [1.82, 2.24) is 15.3 Å². The largest absolute Gasteiger partial charge is 0.474 e. The maximum atomic E-state index is 8.63. The highest BCUT2D eigenvalue weighted by molar-refractivity contribution is 5.29. The molecule has 0 aliphatic carbocycles. The number of likely N-dealkylation sites (N-methyl/N-ethyl adjacent to an activating group) is 1. The topological polar surface area (TPSA) is 70.8 Å². The van der Waals surface area contributed by atoms with Crippen LogP contribution in [0.4, 0.5) is 0 Å². The lowest BCUT2D eigenvalue weighted by Crippen LogP contribution is -2.16. The van der Waals surface area contributed by atoms with Crippen LogP contribution in [0.5, 0.6) is 5.88 Å². The van der Waals surface area contributed by atoms with E-state index in [2.05, 4.69) is 15.3 Å². The quantitative estimate of drug-likeness (QED) is 0.654. The Labute approximate surface area is 76.4 Å². The van der Waals surface area contributed by atoms with Crippen LogP contribution in [0, 0.1) is 11.3 Å². The monoisotopic (exact) mass is 178 g/mol. The van der Waals surface area contributed by atoms with Gasteiger partial charge in [-0.3, -0.25) is 0 Å². The Hall–Kier alpha value is -1.67. The van der Waals surface area contributed by atoms with Gasteiger partial charge in [0.2, 0.25) is 5.69 Å². The summed E-state index contributed by atoms with van der Waals surface area (Å²) in [6, 6.07) is 1.90. The molecule has 0 spiro atoms. The summed E-state index contributed by atoms with van der Waals surface area (Å²) in [7, 11) is 1.82. The van der Waals surface area contributed by atoms with Gasteiger partial charge in [0, 0.05) is 18.9 Å². The van der Waals surface area contributed by atoms with E-state index in [0.29, 0.717) is 19.0 Å². The lowest BCUT2D eigenvalue weighted by Gasteiger charge is -2.04. The van der Waals surface area contributed by atoms with Crippen molar-refractivity contribution in [3.8, 4) is 11.9 Å². The average molecular weight is 178 g/mol. The molecule has 5 heteroatoms. The second-order valence-electron chi connectivity index (χ2n) is 2.27. The third-order valence-electron chi connectivity index (χ3n) is 1.36. The summed E-state index contributed by atoms with van der Waals surface area (Å²) >= 11 is 0. The summed E-state index contributed by atoms with van der Waals surface area (Å²) in [6.45, 7) is 1.19. The molecule has 0 aliphatic rings. The van der Waals surface area contributed by atoms with Crippen LogP contribution in [-0.4, -0.2) is 30.2 Å². The van der Waals surface area contributed by atoms with Crippen LogP contribution in [0.3, 0.4) is 0 Å². The van der Waals surface area contributed by atoms with E-state index >= 15 is 0 Å². The molecule has 0 amide bonds. The van der Waals surface area contributed by atoms with Crippen molar-refractivity contribution in [3.05, 3.63) is 18.1 Å². The van der Waals surface area contributed by atoms with Crippen LogP contribution in [0.1, 0.15) is 5.69 Å². The normalized spacial score (nSPS) is 9.23. The Bertz CT molecular complexity index is 307. The van der Waals surface area contributed by atoms with Crippen molar-refractivity contribution in [2.24, 2.45) is 0 Å². The Morgan fingerprint density at radius 3 is 3.00 bits per heavy atom. The van der Waals surface area contributed by atoms with Crippen LogP contribution in [-0.2, 0) is 0 Å². The molecular formula is C8H10N4O. The number of ether oxygens (including phenoxy) is 1. The molecule has 0 fully saturated rings. The van der Waals surface area contributed by atoms with Crippen LogP contribution in [0.15, 0.2) is 12.4 Å². The lowest BCUT2D eigenvalue weighted by atomic mass is 10.5. The molecule has 0 atom stereocenters. The molecule has 1 rings (SSSR count). The molecule has 0 saturated carbocycles. The SMILES string of the molecule is CNCCOc1nccnc1C#N. The zero-order valence-electron chi connectivity index (χ0n) is 7.32. The van der Waals surface area contributed by atoms with Gasteiger partial charge in [-0.1, -0.05) is 0 Å². The molecule has 0 radical (unpaired) electrons. The maximum absolute atomic E-state index is 8.63. The van der Waals surface area contributed by atoms with Crippen molar-refractivity contribution in [3.63, 3.8) is 0 Å². The molecule has 1 aromatic rings. The second-order valence-corrected chi connectivity index (χ2v) is 2.27. The van der Waals surface area contributed by atoms with Crippen LogP contribution in [0.25, 0.3) is 0 Å². The third kappa shape index (κ3) is 2.69. The van der Waals surface area contributed by atoms with E-state index in [0.717, 1.165) is 0 Å². The van der Waals surface area contributed by atoms with E-state index in [1.165, 1.54) is 12.4 Å². The number of rotatable bonds is 4. The van der Waals surface area contributed by atoms with Crippen molar-refractivity contribution in [2.75, 3.05) is 20.2 Å². The second kappa shape index (κ2) is 5.06. The molecule has 68 valence electrons. The van der Waals surface area contributed by atoms with Crippen LogP contribution < -0.4 is 10.1 Å². The molecule has 1 aromatic heterocycles. The number of nitriles is 1. The summed E-state index contributed by atoms with van der Waals surface area (Å²) in [6.07, 6.45) is 2.96. The van der Waals surface area contributed by atoms with E-state index < -0.39 is 0 Å². The molecule has 0 aromatic carbocycles. The minimum absolute atomic E-state index is 0.221. The molecule has 0 unspecified atom stereocenters. The van der Waals surface area contributed by atoms with E-state index in [9.17, 15) is 0 Å². The van der Waals surface area contributed by atoms with E-state index in [-0.39, 0.29) is 5.69 Å². The van der Waals surface area contributed by atoms with E-state index in [4.69, 9.17) is 10.00 Å². The zero-order chi connectivity index (χ0) is 9.52. The number of hydrogen-bond acceptors (Lipinski definition) is 5. The number of aromatic nitrogens is 2. The minimum atomic E-state index is 0.221. The third-order valence-corrected chi connectivity index (χ3v) is 1.36. The molecule has 1 N–H and O–H groups in total. The van der Waals surface area contributed by atoms with Crippen molar-refractivity contribution >= 4 is 0 Å². The Kier molecular flexibility index (Phi) is 3.67. The number of nitrogens with zero attached hydrogens (tertiary/aromatic N) is 3. The van der Waals surface area contributed by atoms with E-state index in [1.54, 1.807) is 0 Å². The fraction of sp³-hybridized carbons (Fsp3) is 0.375. The maximum Gasteiger partial charge on any atom is 0.251 e. The molecular weight excluding hydrogens is 168 g/mol. The highest BCUT2D eigenvalue weighted by Gasteiger charge is 2.03. The van der Waals surface area contributed by atoms with Gasteiger partial charge in [0.05, 0.1) is 0 Å². The Morgan fingerprint density at radius 1 is 1.54 bits per heavy atom. The molecule has 13 heavy (non-hydrogen) atoms. The predicted octanol–water partition coefficient (Wildman–Crippen LogP) is -0.0535. The average Bonchev–Trinajstić information content (AvgIpc) is 2.19. The van der Waals surface area contributed by atoms with Gasteiger partial charge in [-0.15, -0.1) is 0 Å². The van der Waals surface area contributed by atoms with Crippen molar-refractivity contribution in [2.45, 2.75) is 0 Å². The first-order valence-corrected chi connectivity index (χ1v) is 3.87. The fourth-order valence-corrected chi connectivity index (χ4v) is 0.757. The van der Waals surface area contributed by atoms with E-state index in [1.807, 2.05) is 13.1 Å². The molecule has 0 bridgehead atoms. The standard InChI is InChI=1S/C8H10N4O/c1-10-4-5-13-8-7(6-9)11-2-3-12-8/h2-3,10H,4-5H2,1H3. The smallest absolute Gasteiger partial charge is 0.251 e. The predicted molar refractivity (Wildman–Crippen MR) is 46.2 cm³/mol. The number of nitrogens with one attached hydrogen (secondary N) is 1. The number of hydrogen-bond donors (Lipinski definition) is 1. The molecule has 5 nitrogen and oxygen atoms in total. The summed E-state index contributed by atoms with van der Waals surface area (Å²) < 4.78 is 5.21. The van der Waals surface area contributed by atoms with Crippen molar-refractivity contribution < 1.29 is 4.74 Å². The summed E-state index contributed by atoms with van der Waals surface area (Å²) in [5.74, 6) is 0.292. The van der Waals surface area contributed by atoms with Gasteiger partial charge in [-0.2, -0.15) is 5.26 Å². The van der Waals surface area contributed by atoms with Gasteiger partial charge in [0.25, 0.3) is 5.88 Å². The molecule has 0 saturated heterocycles. The fourth-order valence-electron chi connectivity index (χ4n) is 0.757. The highest BCUT2D eigenvalue weighted by atomic mass is 16.5. The van der Waals surface area contributed by atoms with Crippen LogP contribution in [0.2, 0.25) is 0 Å². The molecule has 0 aliphatic heterocycles. The van der Waals surface area contributed by atoms with Gasteiger partial charge in [0.15, 0.2) is 0 Å². The van der Waals surface area contributed by atoms with Gasteiger partial charge in [-0.25, -0.2) is 9.97 Å². The summed E-state index contributed by atoms with van der Waals surface area (Å²) in [4.78, 5) is 7.69. The van der Waals surface area contributed by atoms with Gasteiger partial charge >= 0.3 is 0 Å². The Balaban J connectivity index is 2.60. The molecule has 1 heterocycles. The van der Waals surface area contributed by atoms with Gasteiger partial charge in [0.1, 0.15) is 12.7 Å². The Morgan fingerprint density at radius 2 is 2.31 bits per heavy atom. The zero-order valence-corrected chi connectivity index (χ0v) is 7.32. The lowest BCUT2D eigenvalue weighted by molar-refractivity contribution is 0.304. The van der Waals surface area contributed by atoms with Gasteiger partial charge in [-0.05, 0) is 7.05 Å². The van der Waals surface area contributed by atoms with Gasteiger partial charge < -0.3 is 10.1 Å². The first-order valence-electron chi connectivity index (χ1n) is 3.87. The highest BCUT2D eigenvalue weighted by Crippen LogP contribution is 2.08. The van der Waals surface area contributed by atoms with Crippen LogP contribution >= 0.6 is 0 Å².